The van der Waals surface area contributed by atoms with Crippen molar-refractivity contribution in [2.24, 2.45) is 39.6 Å². The predicted octanol–water partition coefficient (Wildman–Crippen LogP) is 7.85. The first kappa shape index (κ1) is 26.5. The van der Waals surface area contributed by atoms with Gasteiger partial charge in [-0.15, -0.1) is 0 Å². The predicted molar refractivity (Wildman–Crippen MR) is 146 cm³/mol. The molecule has 0 radical (unpaired) electrons. The largest absolute Gasteiger partial charge is 0.417 e. The number of fused-ring (bicyclic) bond motifs is 2. The number of hydrogen-bond acceptors (Lipinski definition) is 3. The fourth-order valence-electron chi connectivity index (χ4n) is 7.72. The number of azide groups is 1. The van der Waals surface area contributed by atoms with Crippen LogP contribution in [0.4, 0.5) is 0 Å². The Morgan fingerprint density at radius 2 is 2.03 bits per heavy atom. The lowest BCUT2D eigenvalue weighted by molar-refractivity contribution is -0.0522. The van der Waals surface area contributed by atoms with Gasteiger partial charge in [-0.25, -0.2) is 0 Å². The zero-order valence-electron chi connectivity index (χ0n) is 23.3. The summed E-state index contributed by atoms with van der Waals surface area (Å²) >= 11 is 0. The van der Waals surface area contributed by atoms with Crippen LogP contribution in [0.3, 0.4) is 0 Å². The summed E-state index contributed by atoms with van der Waals surface area (Å²) in [6, 6.07) is 0. The van der Waals surface area contributed by atoms with Gasteiger partial charge in [-0.1, -0.05) is 51.4 Å². The highest BCUT2D eigenvalue weighted by Crippen LogP contribution is 2.63. The average molecular weight is 498 g/mol. The zero-order valence-corrected chi connectivity index (χ0v) is 24.3. The van der Waals surface area contributed by atoms with Gasteiger partial charge in [-0.3, -0.25) is 5.10 Å². The van der Waals surface area contributed by atoms with Crippen molar-refractivity contribution >= 4 is 8.32 Å². The summed E-state index contributed by atoms with van der Waals surface area (Å²) in [4.78, 5) is 3.23. The molecule has 3 aliphatic carbocycles. The van der Waals surface area contributed by atoms with Crippen LogP contribution >= 0.6 is 0 Å². The molecule has 7 heteroatoms. The molecule has 194 valence electrons. The Labute approximate surface area is 213 Å². The first-order valence-corrected chi connectivity index (χ1v) is 16.6. The minimum absolute atomic E-state index is 0.0922. The van der Waals surface area contributed by atoms with Crippen LogP contribution in [0.15, 0.2) is 23.0 Å². The van der Waals surface area contributed by atoms with Crippen LogP contribution < -0.4 is 0 Å². The van der Waals surface area contributed by atoms with Crippen LogP contribution in [0.2, 0.25) is 18.1 Å². The molecule has 0 aliphatic heterocycles. The van der Waals surface area contributed by atoms with E-state index in [9.17, 15) is 5.53 Å². The van der Waals surface area contributed by atoms with E-state index in [4.69, 9.17) is 4.43 Å². The third kappa shape index (κ3) is 4.53. The second-order valence-corrected chi connectivity index (χ2v) is 18.4. The molecule has 1 aromatic heterocycles. The highest BCUT2D eigenvalue weighted by atomic mass is 28.4. The molecule has 35 heavy (non-hydrogen) atoms. The molecule has 6 nitrogen and oxygen atoms in total. The molecule has 2 fully saturated rings. The summed E-state index contributed by atoms with van der Waals surface area (Å²) in [5.41, 5.74) is 13.9. The molecule has 6 atom stereocenters. The molecule has 0 amide bonds. The minimum Gasteiger partial charge on any atom is -0.417 e. The van der Waals surface area contributed by atoms with Crippen LogP contribution in [0.25, 0.3) is 10.4 Å². The molecule has 1 heterocycles. The Morgan fingerprint density at radius 1 is 1.29 bits per heavy atom. The Kier molecular flexibility index (Phi) is 7.11. The molecular weight excluding hydrogens is 450 g/mol. The molecule has 2 saturated carbocycles. The summed E-state index contributed by atoms with van der Waals surface area (Å²) in [6.07, 6.45) is 11.3. The number of nitrogens with zero attached hydrogens (tertiary/aromatic N) is 4. The maximum atomic E-state index is 9.28. The van der Waals surface area contributed by atoms with Crippen LogP contribution in [0.5, 0.6) is 0 Å². The SMILES string of the molecule is C/C=C1\CC[C@H]2[C@H](CN=[N+]=[N-])[C@@H]([C@@]3(C)Cc4cn[nH]c4C[C@@H]3CO[Si](C)(C)C(C)(C)C)CC[C@]12C. The summed E-state index contributed by atoms with van der Waals surface area (Å²) in [5, 5.41) is 12.1. The number of hydrogen-bond donors (Lipinski definition) is 1. The summed E-state index contributed by atoms with van der Waals surface area (Å²) in [6.45, 7) is 20.3. The van der Waals surface area contributed by atoms with Gasteiger partial charge in [0.1, 0.15) is 0 Å². The van der Waals surface area contributed by atoms with E-state index in [1.165, 1.54) is 36.9 Å². The fraction of sp³-hybridized carbons (Fsp3) is 0.821. The second-order valence-electron chi connectivity index (χ2n) is 13.6. The van der Waals surface area contributed by atoms with Crippen molar-refractivity contribution in [3.05, 3.63) is 39.5 Å². The van der Waals surface area contributed by atoms with Crippen molar-refractivity contribution in [2.45, 2.75) is 98.2 Å². The fourth-order valence-corrected chi connectivity index (χ4v) is 8.77. The monoisotopic (exact) mass is 497 g/mol. The first-order valence-electron chi connectivity index (χ1n) is 13.7. The van der Waals surface area contributed by atoms with Crippen molar-refractivity contribution < 1.29 is 4.43 Å². The highest BCUT2D eigenvalue weighted by molar-refractivity contribution is 6.74. The normalized spacial score (nSPS) is 36.5. The maximum absolute atomic E-state index is 9.28. The minimum atomic E-state index is -1.86. The zero-order chi connectivity index (χ0) is 25.6. The van der Waals surface area contributed by atoms with Gasteiger partial charge in [0.25, 0.3) is 0 Å². The highest BCUT2D eigenvalue weighted by Gasteiger charge is 2.57. The molecule has 0 aromatic carbocycles. The summed E-state index contributed by atoms with van der Waals surface area (Å²) in [7, 11) is -1.86. The van der Waals surface area contributed by atoms with Crippen molar-refractivity contribution in [1.29, 1.82) is 0 Å². The number of aromatic nitrogens is 2. The summed E-state index contributed by atoms with van der Waals surface area (Å²) < 4.78 is 6.88. The third-order valence-electron chi connectivity index (χ3n) is 11.0. The summed E-state index contributed by atoms with van der Waals surface area (Å²) in [5.74, 6) is 1.94. The lowest BCUT2D eigenvalue weighted by Crippen LogP contribution is -2.53. The number of nitrogens with one attached hydrogen (secondary N) is 1. The van der Waals surface area contributed by atoms with Crippen molar-refractivity contribution in [3.63, 3.8) is 0 Å². The van der Waals surface area contributed by atoms with Gasteiger partial charge in [0, 0.05) is 23.8 Å². The van der Waals surface area contributed by atoms with Crippen LogP contribution in [-0.4, -0.2) is 31.7 Å². The quantitative estimate of drug-likeness (QED) is 0.143. The lowest BCUT2D eigenvalue weighted by Gasteiger charge is -2.56. The van der Waals surface area contributed by atoms with Gasteiger partial charge >= 0.3 is 0 Å². The standard InChI is InChI=1S/C28H47N5OSi/c1-9-20-10-11-23-22(17-31-33-29)24(12-13-27(20,23)5)28(6)15-19-16-30-32-25(19)14-21(28)18-34-35(7,8)26(2,3)4/h9,16,21-24H,10-15,17-18H2,1-8H3,(H,30,32)/b20-9+/t21-,22+,23+,24+,27-,28+/m1/s1. The second kappa shape index (κ2) is 9.39. The molecular formula is C28H47N5OSi. The Bertz CT molecular complexity index is 1000. The molecule has 3 aliphatic rings. The van der Waals surface area contributed by atoms with E-state index in [1.54, 1.807) is 5.57 Å². The molecule has 0 unspecified atom stereocenters. The Hall–Kier alpha value is -1.56. The van der Waals surface area contributed by atoms with E-state index >= 15 is 0 Å². The van der Waals surface area contributed by atoms with E-state index in [1.807, 2.05) is 6.20 Å². The van der Waals surface area contributed by atoms with Gasteiger partial charge < -0.3 is 4.43 Å². The average Bonchev–Trinajstić information content (AvgIpc) is 3.37. The van der Waals surface area contributed by atoms with E-state index < -0.39 is 8.32 Å². The van der Waals surface area contributed by atoms with Gasteiger partial charge in [0.2, 0.25) is 0 Å². The maximum Gasteiger partial charge on any atom is 0.191 e. The van der Waals surface area contributed by atoms with Crippen LogP contribution in [0, 0.1) is 34.5 Å². The lowest BCUT2D eigenvalue weighted by atomic mass is 9.49. The molecule has 0 spiro atoms. The van der Waals surface area contributed by atoms with Crippen molar-refractivity contribution in [3.8, 4) is 0 Å². The first-order chi connectivity index (χ1) is 16.4. The smallest absolute Gasteiger partial charge is 0.191 e. The van der Waals surface area contributed by atoms with Crippen molar-refractivity contribution in [1.82, 2.24) is 10.2 Å². The third-order valence-corrected chi connectivity index (χ3v) is 15.6. The molecule has 0 saturated heterocycles. The molecule has 0 bridgehead atoms. The number of aromatic amines is 1. The topological polar surface area (TPSA) is 86.7 Å². The number of H-pyrrole nitrogens is 1. The van der Waals surface area contributed by atoms with Gasteiger partial charge in [0.05, 0.1) is 6.20 Å². The van der Waals surface area contributed by atoms with E-state index in [0.717, 1.165) is 19.4 Å². The molecule has 1 aromatic rings. The molecule has 4 rings (SSSR count). The van der Waals surface area contributed by atoms with Crippen molar-refractivity contribution in [2.75, 3.05) is 13.2 Å². The van der Waals surface area contributed by atoms with E-state index in [2.05, 4.69) is 80.9 Å². The molecule has 1 N–H and O–H groups in total. The Morgan fingerprint density at radius 3 is 2.69 bits per heavy atom. The van der Waals surface area contributed by atoms with E-state index in [0.29, 0.717) is 30.2 Å². The number of rotatable bonds is 6. The van der Waals surface area contributed by atoms with E-state index in [-0.39, 0.29) is 15.9 Å². The Balaban J connectivity index is 1.70. The van der Waals surface area contributed by atoms with Gasteiger partial charge in [0.15, 0.2) is 8.32 Å². The van der Waals surface area contributed by atoms with Gasteiger partial charge in [-0.2, -0.15) is 5.10 Å². The van der Waals surface area contributed by atoms with Gasteiger partial charge in [-0.05, 0) is 109 Å². The number of allylic oxidation sites excluding steroid dienone is 2. The van der Waals surface area contributed by atoms with Crippen LogP contribution in [0.1, 0.15) is 78.5 Å². The van der Waals surface area contributed by atoms with Crippen LogP contribution in [-0.2, 0) is 17.3 Å².